The minimum atomic E-state index is 0.113. The Morgan fingerprint density at radius 2 is 2.05 bits per heavy atom. The SMILES string of the molecule is CCCNC(c1ccoc1)c1coc2ccccc12. The molecule has 0 radical (unpaired) electrons. The predicted molar refractivity (Wildman–Crippen MR) is 75.1 cm³/mol. The summed E-state index contributed by atoms with van der Waals surface area (Å²) < 4.78 is 10.9. The minimum absolute atomic E-state index is 0.113. The Kier molecular flexibility index (Phi) is 3.38. The molecule has 2 aromatic heterocycles. The van der Waals surface area contributed by atoms with Crippen LogP contribution in [0.2, 0.25) is 0 Å². The quantitative estimate of drug-likeness (QED) is 0.745. The normalized spacial score (nSPS) is 12.9. The Balaban J connectivity index is 2.03. The first-order chi connectivity index (χ1) is 9.40. The lowest BCUT2D eigenvalue weighted by Gasteiger charge is -2.15. The lowest BCUT2D eigenvalue weighted by molar-refractivity contribution is 0.543. The number of hydrogen-bond acceptors (Lipinski definition) is 3. The second kappa shape index (κ2) is 5.33. The van der Waals surface area contributed by atoms with Crippen molar-refractivity contribution in [2.75, 3.05) is 6.54 Å². The molecule has 19 heavy (non-hydrogen) atoms. The second-order valence-corrected chi connectivity index (χ2v) is 4.63. The number of benzene rings is 1. The molecule has 98 valence electrons. The number of para-hydroxylation sites is 1. The fourth-order valence-electron chi connectivity index (χ4n) is 2.36. The Bertz CT molecular complexity index is 640. The summed E-state index contributed by atoms with van der Waals surface area (Å²) in [4.78, 5) is 0. The standard InChI is InChI=1S/C16H17NO2/c1-2-8-17-16(12-7-9-18-10-12)14-11-19-15-6-4-3-5-13(14)15/h3-7,9-11,16-17H,2,8H2,1H3. The fourth-order valence-corrected chi connectivity index (χ4v) is 2.36. The van der Waals surface area contributed by atoms with Gasteiger partial charge in [0.2, 0.25) is 0 Å². The molecule has 3 heteroatoms. The van der Waals surface area contributed by atoms with Gasteiger partial charge in [-0.1, -0.05) is 25.1 Å². The van der Waals surface area contributed by atoms with E-state index in [2.05, 4.69) is 18.3 Å². The van der Waals surface area contributed by atoms with Gasteiger partial charge in [0.15, 0.2) is 0 Å². The molecule has 2 heterocycles. The van der Waals surface area contributed by atoms with Crippen molar-refractivity contribution in [2.45, 2.75) is 19.4 Å². The molecule has 0 amide bonds. The molecule has 1 unspecified atom stereocenters. The molecule has 0 aliphatic rings. The molecule has 3 nitrogen and oxygen atoms in total. The van der Waals surface area contributed by atoms with E-state index in [0.29, 0.717) is 0 Å². The first kappa shape index (κ1) is 12.1. The van der Waals surface area contributed by atoms with Gasteiger partial charge in [0.1, 0.15) is 5.58 Å². The summed E-state index contributed by atoms with van der Waals surface area (Å²) in [7, 11) is 0. The van der Waals surface area contributed by atoms with Gasteiger partial charge in [-0.05, 0) is 25.1 Å². The molecule has 1 aromatic carbocycles. The zero-order valence-electron chi connectivity index (χ0n) is 10.9. The van der Waals surface area contributed by atoms with Crippen molar-refractivity contribution >= 4 is 11.0 Å². The highest BCUT2D eigenvalue weighted by Gasteiger charge is 2.19. The van der Waals surface area contributed by atoms with Crippen LogP contribution in [0.1, 0.15) is 30.5 Å². The molecule has 3 rings (SSSR count). The highest BCUT2D eigenvalue weighted by atomic mass is 16.3. The second-order valence-electron chi connectivity index (χ2n) is 4.63. The number of furan rings is 2. The van der Waals surface area contributed by atoms with Gasteiger partial charge in [-0.25, -0.2) is 0 Å². The van der Waals surface area contributed by atoms with E-state index in [4.69, 9.17) is 8.83 Å². The lowest BCUT2D eigenvalue weighted by atomic mass is 10.0. The van der Waals surface area contributed by atoms with Crippen molar-refractivity contribution < 1.29 is 8.83 Å². The van der Waals surface area contributed by atoms with Crippen molar-refractivity contribution in [1.29, 1.82) is 0 Å². The number of hydrogen-bond donors (Lipinski definition) is 1. The number of rotatable bonds is 5. The monoisotopic (exact) mass is 255 g/mol. The molecule has 0 aliphatic carbocycles. The maximum atomic E-state index is 5.64. The van der Waals surface area contributed by atoms with Crippen LogP contribution in [0.5, 0.6) is 0 Å². The van der Waals surface area contributed by atoms with Crippen LogP contribution >= 0.6 is 0 Å². The van der Waals surface area contributed by atoms with Crippen molar-refractivity contribution in [1.82, 2.24) is 5.32 Å². The Morgan fingerprint density at radius 1 is 1.16 bits per heavy atom. The Morgan fingerprint density at radius 3 is 2.84 bits per heavy atom. The lowest BCUT2D eigenvalue weighted by Crippen LogP contribution is -2.22. The topological polar surface area (TPSA) is 38.3 Å². The van der Waals surface area contributed by atoms with Crippen LogP contribution in [-0.2, 0) is 0 Å². The van der Waals surface area contributed by atoms with Crippen LogP contribution < -0.4 is 5.32 Å². The summed E-state index contributed by atoms with van der Waals surface area (Å²) in [6.07, 6.45) is 6.42. The van der Waals surface area contributed by atoms with Gasteiger partial charge in [0.05, 0.1) is 24.8 Å². The van der Waals surface area contributed by atoms with E-state index in [1.807, 2.05) is 30.5 Å². The third-order valence-electron chi connectivity index (χ3n) is 3.30. The van der Waals surface area contributed by atoms with E-state index in [-0.39, 0.29) is 6.04 Å². The van der Waals surface area contributed by atoms with E-state index < -0.39 is 0 Å². The third kappa shape index (κ3) is 2.29. The molecule has 1 atom stereocenters. The van der Waals surface area contributed by atoms with Crippen molar-refractivity contribution in [3.8, 4) is 0 Å². The summed E-state index contributed by atoms with van der Waals surface area (Å²) in [5, 5.41) is 4.70. The minimum Gasteiger partial charge on any atom is -0.472 e. The van der Waals surface area contributed by atoms with Gasteiger partial charge < -0.3 is 14.2 Å². The van der Waals surface area contributed by atoms with E-state index >= 15 is 0 Å². The molecule has 1 N–H and O–H groups in total. The molecule has 0 saturated carbocycles. The van der Waals surface area contributed by atoms with Crippen LogP contribution in [0, 0.1) is 0 Å². The van der Waals surface area contributed by atoms with Gasteiger partial charge in [-0.2, -0.15) is 0 Å². The van der Waals surface area contributed by atoms with Gasteiger partial charge in [0, 0.05) is 16.5 Å². The summed E-state index contributed by atoms with van der Waals surface area (Å²) in [5.41, 5.74) is 3.20. The zero-order valence-corrected chi connectivity index (χ0v) is 10.9. The molecule has 0 bridgehead atoms. The predicted octanol–water partition coefficient (Wildman–Crippen LogP) is 4.11. The van der Waals surface area contributed by atoms with E-state index in [1.54, 1.807) is 12.5 Å². The largest absolute Gasteiger partial charge is 0.472 e. The van der Waals surface area contributed by atoms with Crippen LogP contribution in [0.3, 0.4) is 0 Å². The first-order valence-electron chi connectivity index (χ1n) is 6.61. The van der Waals surface area contributed by atoms with Crippen molar-refractivity contribution in [2.24, 2.45) is 0 Å². The van der Waals surface area contributed by atoms with Gasteiger partial charge >= 0.3 is 0 Å². The van der Waals surface area contributed by atoms with Crippen LogP contribution in [0.25, 0.3) is 11.0 Å². The summed E-state index contributed by atoms with van der Waals surface area (Å²) in [6, 6.07) is 10.2. The molecular formula is C16H17NO2. The number of fused-ring (bicyclic) bond motifs is 1. The molecule has 0 spiro atoms. The molecular weight excluding hydrogens is 238 g/mol. The van der Waals surface area contributed by atoms with Crippen molar-refractivity contribution in [3.05, 3.63) is 60.2 Å². The highest BCUT2D eigenvalue weighted by Crippen LogP contribution is 2.30. The summed E-state index contributed by atoms with van der Waals surface area (Å²) in [5.74, 6) is 0. The third-order valence-corrected chi connectivity index (χ3v) is 3.30. The van der Waals surface area contributed by atoms with Crippen molar-refractivity contribution in [3.63, 3.8) is 0 Å². The molecule has 0 saturated heterocycles. The van der Waals surface area contributed by atoms with Crippen LogP contribution in [0.4, 0.5) is 0 Å². The average Bonchev–Trinajstić information content (AvgIpc) is 3.09. The highest BCUT2D eigenvalue weighted by molar-refractivity contribution is 5.81. The van der Waals surface area contributed by atoms with Crippen LogP contribution in [-0.4, -0.2) is 6.54 Å². The Labute approximate surface area is 112 Å². The maximum absolute atomic E-state index is 5.64. The van der Waals surface area contributed by atoms with E-state index in [0.717, 1.165) is 35.1 Å². The van der Waals surface area contributed by atoms with Gasteiger partial charge in [-0.15, -0.1) is 0 Å². The molecule has 0 fully saturated rings. The fraction of sp³-hybridized carbons (Fsp3) is 0.250. The maximum Gasteiger partial charge on any atom is 0.134 e. The average molecular weight is 255 g/mol. The summed E-state index contributed by atoms with van der Waals surface area (Å²) in [6.45, 7) is 3.11. The van der Waals surface area contributed by atoms with Gasteiger partial charge in [0.25, 0.3) is 0 Å². The van der Waals surface area contributed by atoms with E-state index in [1.165, 1.54) is 0 Å². The smallest absolute Gasteiger partial charge is 0.134 e. The van der Waals surface area contributed by atoms with E-state index in [9.17, 15) is 0 Å². The van der Waals surface area contributed by atoms with Crippen LogP contribution in [0.15, 0.2) is 58.0 Å². The van der Waals surface area contributed by atoms with Gasteiger partial charge in [-0.3, -0.25) is 0 Å². The zero-order chi connectivity index (χ0) is 13.1. The summed E-state index contributed by atoms with van der Waals surface area (Å²) >= 11 is 0. The molecule has 3 aromatic rings. The Hall–Kier alpha value is -2.00. The molecule has 0 aliphatic heterocycles. The number of nitrogens with one attached hydrogen (secondary N) is 1. The first-order valence-corrected chi connectivity index (χ1v) is 6.61.